The van der Waals surface area contributed by atoms with E-state index in [1.807, 2.05) is 13.0 Å². The fourth-order valence-electron chi connectivity index (χ4n) is 0.929. The first kappa shape index (κ1) is 7.32. The largest absolute Gasteiger partial charge is 0.386 e. The van der Waals surface area contributed by atoms with Crippen molar-refractivity contribution in [2.75, 3.05) is 6.54 Å². The minimum Gasteiger partial charge on any atom is -0.386 e. The molecule has 0 fully saturated rings. The summed E-state index contributed by atoms with van der Waals surface area (Å²) in [4.78, 5) is 0. The van der Waals surface area contributed by atoms with Gasteiger partial charge in [0.15, 0.2) is 0 Å². The summed E-state index contributed by atoms with van der Waals surface area (Å²) in [5.74, 6) is 0. The SMILES string of the molecule is CCNC1=CCC(F)C=C1. The fourth-order valence-corrected chi connectivity index (χ4v) is 0.929. The third kappa shape index (κ3) is 1.87. The monoisotopic (exact) mass is 141 g/mol. The first-order valence-electron chi connectivity index (χ1n) is 3.59. The Bertz CT molecular complexity index is 161. The maximum absolute atomic E-state index is 12.4. The van der Waals surface area contributed by atoms with Gasteiger partial charge in [0.1, 0.15) is 6.17 Å². The standard InChI is InChI=1S/C8H12FN/c1-2-10-8-5-3-7(9)4-6-8/h3,5-7,10H,2,4H2,1H3. The molecule has 1 aliphatic rings. The van der Waals surface area contributed by atoms with Crippen LogP contribution in [-0.4, -0.2) is 12.7 Å². The lowest BCUT2D eigenvalue weighted by atomic mass is 10.1. The molecule has 1 nitrogen and oxygen atoms in total. The minimum atomic E-state index is -0.776. The molecule has 0 saturated heterocycles. The van der Waals surface area contributed by atoms with Crippen LogP contribution in [-0.2, 0) is 0 Å². The van der Waals surface area contributed by atoms with Crippen LogP contribution in [0.1, 0.15) is 13.3 Å². The van der Waals surface area contributed by atoms with E-state index in [4.69, 9.17) is 0 Å². The lowest BCUT2D eigenvalue weighted by Gasteiger charge is -2.09. The molecule has 0 spiro atoms. The highest BCUT2D eigenvalue weighted by Crippen LogP contribution is 2.10. The van der Waals surface area contributed by atoms with Crippen LogP contribution in [0.5, 0.6) is 0 Å². The summed E-state index contributed by atoms with van der Waals surface area (Å²) in [7, 11) is 0. The Hall–Kier alpha value is -0.790. The van der Waals surface area contributed by atoms with Crippen LogP contribution in [0.2, 0.25) is 0 Å². The van der Waals surface area contributed by atoms with Crippen LogP contribution in [0.3, 0.4) is 0 Å². The van der Waals surface area contributed by atoms with Gasteiger partial charge in [0.2, 0.25) is 0 Å². The van der Waals surface area contributed by atoms with Crippen LogP contribution in [0.25, 0.3) is 0 Å². The van der Waals surface area contributed by atoms with E-state index in [1.54, 1.807) is 12.2 Å². The first-order chi connectivity index (χ1) is 4.83. The summed E-state index contributed by atoms with van der Waals surface area (Å²) in [6.45, 7) is 2.92. The van der Waals surface area contributed by atoms with Crippen molar-refractivity contribution in [3.8, 4) is 0 Å². The zero-order valence-corrected chi connectivity index (χ0v) is 6.10. The van der Waals surface area contributed by atoms with Crippen molar-refractivity contribution < 1.29 is 4.39 Å². The quantitative estimate of drug-likeness (QED) is 0.618. The number of hydrogen-bond acceptors (Lipinski definition) is 1. The van der Waals surface area contributed by atoms with Crippen LogP contribution >= 0.6 is 0 Å². The van der Waals surface area contributed by atoms with E-state index in [-0.39, 0.29) is 0 Å². The number of rotatable bonds is 2. The van der Waals surface area contributed by atoms with E-state index in [0.717, 1.165) is 12.2 Å². The molecule has 0 aromatic carbocycles. The second-order valence-electron chi connectivity index (χ2n) is 2.30. The maximum atomic E-state index is 12.4. The molecule has 0 saturated carbocycles. The molecule has 1 rings (SSSR count). The zero-order valence-electron chi connectivity index (χ0n) is 6.10. The van der Waals surface area contributed by atoms with Crippen molar-refractivity contribution in [2.45, 2.75) is 19.5 Å². The summed E-state index contributed by atoms with van der Waals surface area (Å²) >= 11 is 0. The van der Waals surface area contributed by atoms with Gasteiger partial charge in [-0.15, -0.1) is 0 Å². The highest BCUT2D eigenvalue weighted by molar-refractivity contribution is 5.22. The second-order valence-corrected chi connectivity index (χ2v) is 2.30. The molecule has 2 heteroatoms. The summed E-state index contributed by atoms with van der Waals surface area (Å²) in [5.41, 5.74) is 1.04. The Balaban J connectivity index is 2.42. The molecule has 0 aliphatic heterocycles. The smallest absolute Gasteiger partial charge is 0.122 e. The van der Waals surface area contributed by atoms with Gasteiger partial charge < -0.3 is 5.32 Å². The number of likely N-dealkylation sites (N-methyl/N-ethyl adjacent to an activating group) is 1. The molecular weight excluding hydrogens is 129 g/mol. The highest BCUT2D eigenvalue weighted by Gasteiger charge is 2.04. The summed E-state index contributed by atoms with van der Waals surface area (Å²) in [6, 6.07) is 0. The minimum absolute atomic E-state index is 0.513. The van der Waals surface area contributed by atoms with Crippen LogP contribution < -0.4 is 5.32 Å². The lowest BCUT2D eigenvalue weighted by Crippen LogP contribution is -2.13. The van der Waals surface area contributed by atoms with Gasteiger partial charge in [0.05, 0.1) is 0 Å². The average molecular weight is 141 g/mol. The van der Waals surface area contributed by atoms with Crippen molar-refractivity contribution in [1.82, 2.24) is 5.32 Å². The molecule has 1 unspecified atom stereocenters. The topological polar surface area (TPSA) is 12.0 Å². The van der Waals surface area contributed by atoms with E-state index in [9.17, 15) is 4.39 Å². The molecule has 56 valence electrons. The van der Waals surface area contributed by atoms with Crippen LogP contribution in [0.15, 0.2) is 23.9 Å². The van der Waals surface area contributed by atoms with Gasteiger partial charge in [-0.3, -0.25) is 0 Å². The molecular formula is C8H12FN. The molecule has 0 heterocycles. The Morgan fingerprint density at radius 2 is 2.60 bits per heavy atom. The van der Waals surface area contributed by atoms with Crippen molar-refractivity contribution in [3.05, 3.63) is 23.9 Å². The third-order valence-electron chi connectivity index (χ3n) is 1.43. The number of allylic oxidation sites excluding steroid dienone is 3. The molecule has 10 heavy (non-hydrogen) atoms. The molecule has 0 amide bonds. The Morgan fingerprint density at radius 3 is 3.10 bits per heavy atom. The summed E-state index contributed by atoms with van der Waals surface area (Å²) in [5, 5.41) is 3.11. The molecule has 0 aromatic heterocycles. The van der Waals surface area contributed by atoms with E-state index in [0.29, 0.717) is 6.42 Å². The van der Waals surface area contributed by atoms with Crippen LogP contribution in [0.4, 0.5) is 4.39 Å². The molecule has 1 aliphatic carbocycles. The van der Waals surface area contributed by atoms with E-state index < -0.39 is 6.17 Å². The predicted octanol–water partition coefficient (Wildman–Crippen LogP) is 1.78. The van der Waals surface area contributed by atoms with Crippen molar-refractivity contribution in [2.24, 2.45) is 0 Å². The number of hydrogen-bond donors (Lipinski definition) is 1. The van der Waals surface area contributed by atoms with E-state index in [2.05, 4.69) is 5.32 Å². The van der Waals surface area contributed by atoms with Crippen molar-refractivity contribution in [1.29, 1.82) is 0 Å². The number of alkyl halides is 1. The lowest BCUT2D eigenvalue weighted by molar-refractivity contribution is 0.399. The predicted molar refractivity (Wildman–Crippen MR) is 40.4 cm³/mol. The first-order valence-corrected chi connectivity index (χ1v) is 3.59. The van der Waals surface area contributed by atoms with Gasteiger partial charge in [0, 0.05) is 18.7 Å². The number of nitrogens with one attached hydrogen (secondary N) is 1. The highest BCUT2D eigenvalue weighted by atomic mass is 19.1. The molecule has 0 aromatic rings. The number of halogens is 1. The van der Waals surface area contributed by atoms with Gasteiger partial charge in [0.25, 0.3) is 0 Å². The normalized spacial score (nSPS) is 24.2. The third-order valence-corrected chi connectivity index (χ3v) is 1.43. The van der Waals surface area contributed by atoms with Crippen molar-refractivity contribution >= 4 is 0 Å². The maximum Gasteiger partial charge on any atom is 0.122 e. The molecule has 1 atom stereocenters. The van der Waals surface area contributed by atoms with Gasteiger partial charge in [-0.25, -0.2) is 4.39 Å². The average Bonchev–Trinajstić information content (AvgIpc) is 1.95. The van der Waals surface area contributed by atoms with Crippen LogP contribution in [0, 0.1) is 0 Å². The summed E-state index contributed by atoms with van der Waals surface area (Å²) < 4.78 is 12.4. The fraction of sp³-hybridized carbons (Fsp3) is 0.500. The van der Waals surface area contributed by atoms with Gasteiger partial charge in [-0.05, 0) is 19.1 Å². The van der Waals surface area contributed by atoms with E-state index >= 15 is 0 Å². The van der Waals surface area contributed by atoms with E-state index in [1.165, 1.54) is 0 Å². The van der Waals surface area contributed by atoms with Gasteiger partial charge in [-0.1, -0.05) is 6.08 Å². The molecule has 0 bridgehead atoms. The summed E-state index contributed by atoms with van der Waals surface area (Å²) in [6.07, 6.45) is 4.99. The van der Waals surface area contributed by atoms with Gasteiger partial charge in [-0.2, -0.15) is 0 Å². The Morgan fingerprint density at radius 1 is 1.80 bits per heavy atom. The second kappa shape index (κ2) is 3.40. The Kier molecular flexibility index (Phi) is 2.49. The van der Waals surface area contributed by atoms with Gasteiger partial charge >= 0.3 is 0 Å². The molecule has 0 radical (unpaired) electrons. The van der Waals surface area contributed by atoms with Crippen molar-refractivity contribution in [3.63, 3.8) is 0 Å². The zero-order chi connectivity index (χ0) is 7.40. The Labute approximate surface area is 60.6 Å². The molecule has 1 N–H and O–H groups in total.